The Kier molecular flexibility index (Phi) is 10.9. The first-order valence-corrected chi connectivity index (χ1v) is 22.9. The molecule has 17 heteroatoms. The minimum atomic E-state index is -3.91. The van der Waals surface area contributed by atoms with Crippen molar-refractivity contribution >= 4 is 66.3 Å². The van der Waals surface area contributed by atoms with Crippen molar-refractivity contribution in [3.8, 4) is 23.0 Å². The summed E-state index contributed by atoms with van der Waals surface area (Å²) in [5.74, 6) is -1.15. The first-order chi connectivity index (χ1) is 28.9. The summed E-state index contributed by atoms with van der Waals surface area (Å²) in [7, 11) is -3.91. The lowest BCUT2D eigenvalue weighted by atomic mass is 9.85. The lowest BCUT2D eigenvalue weighted by Gasteiger charge is -2.35. The van der Waals surface area contributed by atoms with Crippen LogP contribution in [0.5, 0.6) is 11.6 Å². The van der Waals surface area contributed by atoms with Crippen LogP contribution in [-0.4, -0.2) is 87.6 Å². The number of hydrogen-bond acceptors (Lipinski definition) is 13. The highest BCUT2D eigenvalue weighted by Crippen LogP contribution is 2.46. The molecule has 3 N–H and O–H groups in total. The van der Waals surface area contributed by atoms with Gasteiger partial charge in [-0.15, -0.1) is 17.9 Å². The van der Waals surface area contributed by atoms with Crippen LogP contribution in [-0.2, 0) is 24.4 Å². The molecule has 0 radical (unpaired) electrons. The summed E-state index contributed by atoms with van der Waals surface area (Å²) in [6, 6.07) is 12.9. The van der Waals surface area contributed by atoms with Crippen LogP contribution in [0, 0.1) is 25.2 Å². The van der Waals surface area contributed by atoms with Gasteiger partial charge in [0.05, 0.1) is 23.6 Å². The molecule has 0 bridgehead atoms. The van der Waals surface area contributed by atoms with Crippen LogP contribution in [0.4, 0.5) is 5.13 Å². The molecule has 2 aliphatic carbocycles. The van der Waals surface area contributed by atoms with Gasteiger partial charge in [0, 0.05) is 28.2 Å². The number of hydrogen-bond donors (Lipinski definition) is 3. The molecular formula is C44H51N7O8S2. The zero-order chi connectivity index (χ0) is 43.6. The molecular weight excluding hydrogens is 819 g/mol. The first kappa shape index (κ1) is 42.2. The Morgan fingerprint density at radius 2 is 1.77 bits per heavy atom. The van der Waals surface area contributed by atoms with Gasteiger partial charge in [0.15, 0.2) is 11.0 Å². The molecule has 1 saturated heterocycles. The number of carbonyl (C=O) groups is 3. The molecule has 8 rings (SSSR count). The quantitative estimate of drug-likeness (QED) is 0.103. The third kappa shape index (κ3) is 8.41. The van der Waals surface area contributed by atoms with Crippen molar-refractivity contribution in [1.82, 2.24) is 29.9 Å². The molecule has 0 unspecified atom stereocenters. The van der Waals surface area contributed by atoms with E-state index in [9.17, 15) is 22.8 Å². The summed E-state index contributed by atoms with van der Waals surface area (Å²) < 4.78 is 46.8. The number of fused-ring (bicyclic) bond motifs is 3. The molecule has 5 atom stereocenters. The van der Waals surface area contributed by atoms with E-state index in [-0.39, 0.29) is 37.3 Å². The van der Waals surface area contributed by atoms with Crippen molar-refractivity contribution in [2.24, 2.45) is 11.3 Å². The maximum absolute atomic E-state index is 14.9. The van der Waals surface area contributed by atoms with Crippen molar-refractivity contribution in [3.05, 3.63) is 71.8 Å². The fraction of sp³-hybridized carbons (Fsp3) is 0.455. The van der Waals surface area contributed by atoms with Gasteiger partial charge in [-0.05, 0) is 88.8 Å². The first-order valence-electron chi connectivity index (χ1n) is 20.5. The molecule has 2 saturated carbocycles. The lowest BCUT2D eigenvalue weighted by molar-refractivity contribution is -0.141. The van der Waals surface area contributed by atoms with Crippen molar-refractivity contribution in [1.29, 1.82) is 0 Å². The van der Waals surface area contributed by atoms with Gasteiger partial charge in [-0.1, -0.05) is 39.0 Å². The van der Waals surface area contributed by atoms with Gasteiger partial charge >= 0.3 is 0 Å². The normalized spacial score (nSPS) is 22.0. The number of ether oxygens (including phenoxy) is 2. The third-order valence-electron chi connectivity index (χ3n) is 11.5. The average molecular weight is 870 g/mol. The maximum Gasteiger partial charge on any atom is 0.262 e. The van der Waals surface area contributed by atoms with Gasteiger partial charge in [-0.2, -0.15) is 4.98 Å². The highest BCUT2D eigenvalue weighted by atomic mass is 32.2. The number of nitrogens with zero attached hydrogens (tertiary/aromatic N) is 4. The van der Waals surface area contributed by atoms with Crippen LogP contribution in [0.3, 0.4) is 0 Å². The highest BCUT2D eigenvalue weighted by Gasteiger charge is 2.62. The number of aromatic nitrogens is 3. The van der Waals surface area contributed by atoms with Crippen LogP contribution in [0.1, 0.15) is 70.9 Å². The minimum absolute atomic E-state index is 0.00595. The average Bonchev–Trinajstić information content (AvgIpc) is 4.07. The van der Waals surface area contributed by atoms with Gasteiger partial charge in [0.2, 0.25) is 27.4 Å². The van der Waals surface area contributed by atoms with E-state index in [1.807, 2.05) is 97.0 Å². The Bertz CT molecular complexity index is 2630. The summed E-state index contributed by atoms with van der Waals surface area (Å²) in [5, 5.41) is 6.91. The molecule has 3 aliphatic rings. The van der Waals surface area contributed by atoms with Crippen LogP contribution in [0.25, 0.3) is 33.5 Å². The number of furan rings is 1. The van der Waals surface area contributed by atoms with E-state index in [0.29, 0.717) is 51.8 Å². The van der Waals surface area contributed by atoms with Crippen LogP contribution >= 0.6 is 11.3 Å². The van der Waals surface area contributed by atoms with Crippen LogP contribution in [0.15, 0.2) is 65.6 Å². The molecule has 322 valence electrons. The zero-order valence-electron chi connectivity index (χ0n) is 35.3. The summed E-state index contributed by atoms with van der Waals surface area (Å²) in [5.41, 5.74) is 0.758. The fourth-order valence-electron chi connectivity index (χ4n) is 7.75. The van der Waals surface area contributed by atoms with Gasteiger partial charge in [-0.25, -0.2) is 18.4 Å². The number of anilines is 1. The van der Waals surface area contributed by atoms with Crippen LogP contribution < -0.4 is 24.8 Å². The second-order valence-electron chi connectivity index (χ2n) is 17.6. The van der Waals surface area contributed by atoms with Crippen LogP contribution in [0.2, 0.25) is 0 Å². The Labute approximate surface area is 358 Å². The third-order valence-corrected chi connectivity index (χ3v) is 14.3. The molecule has 61 heavy (non-hydrogen) atoms. The number of benzene rings is 2. The molecule has 3 amide bonds. The number of amides is 3. The predicted octanol–water partition coefficient (Wildman–Crippen LogP) is 6.45. The van der Waals surface area contributed by atoms with E-state index in [1.54, 1.807) is 0 Å². The monoisotopic (exact) mass is 869 g/mol. The predicted molar refractivity (Wildman–Crippen MR) is 233 cm³/mol. The van der Waals surface area contributed by atoms with E-state index in [0.717, 1.165) is 16.0 Å². The van der Waals surface area contributed by atoms with Gasteiger partial charge in [0.1, 0.15) is 40.6 Å². The van der Waals surface area contributed by atoms with E-state index in [1.165, 1.54) is 22.3 Å². The zero-order valence-corrected chi connectivity index (χ0v) is 36.9. The number of para-hydroxylation sites is 1. The van der Waals surface area contributed by atoms with Gasteiger partial charge in [-0.3, -0.25) is 19.1 Å². The topological polar surface area (TPSA) is 195 Å². The number of likely N-dealkylation sites (tertiary alicyclic amines) is 1. The van der Waals surface area contributed by atoms with Gasteiger partial charge in [0.25, 0.3) is 11.8 Å². The Hall–Kier alpha value is -5.55. The SMILES string of the molecule is C=C[C@@H]1C[C@]1(NC(=O)[C@@H]1C[C@@H](Oc2nc(-c3ccc(OC(C)C)cc3)nc3c2oc2ccccc23)CN1C(=O)[C@@H](Nc1nc(C)c(C)s1)C(C)(C)C)C(=O)NS(=O)(=O)C1CC1. The number of sulfonamides is 1. The summed E-state index contributed by atoms with van der Waals surface area (Å²) in [6.07, 6.45) is 1.84. The number of aryl methyl sites for hydroxylation is 2. The number of carbonyl (C=O) groups excluding carboxylic acids is 3. The molecule has 2 aromatic carbocycles. The highest BCUT2D eigenvalue weighted by molar-refractivity contribution is 7.91. The fourth-order valence-corrected chi connectivity index (χ4v) is 9.96. The second kappa shape index (κ2) is 15.7. The van der Waals surface area contributed by atoms with Crippen molar-refractivity contribution < 1.29 is 36.7 Å². The summed E-state index contributed by atoms with van der Waals surface area (Å²) in [6.45, 7) is 17.3. The Morgan fingerprint density at radius 1 is 1.05 bits per heavy atom. The Balaban J connectivity index is 1.15. The molecule has 1 aliphatic heterocycles. The summed E-state index contributed by atoms with van der Waals surface area (Å²) >= 11 is 1.43. The van der Waals surface area contributed by atoms with Crippen molar-refractivity contribution in [3.63, 3.8) is 0 Å². The number of thiazole rings is 1. The molecule has 5 aromatic rings. The standard InChI is InChI=1S/C44H51N7O8S2/c1-9-27-21-44(27,41(54)50-61(55,56)30-18-19-30)49-38(52)32-20-29(22-51(32)40(53)36(43(6,7)8)47-42-45-24(4)25(5)60-42)58-39-35-34(31-12-10-11-13-33(31)59-35)46-37(48-39)26-14-16-28(17-15-26)57-23(2)3/h9-17,23,27,29-30,32,36H,1,18-22H2,2-8H3,(H,45,47)(H,49,52)(H,50,54)/t27-,29-,32+,36-,44-/m1/s1. The maximum atomic E-state index is 14.9. The largest absolute Gasteiger partial charge is 0.491 e. The number of nitrogens with one attached hydrogen (secondary N) is 3. The number of rotatable bonds is 14. The lowest BCUT2D eigenvalue weighted by Crippen LogP contribution is -2.58. The molecule has 3 fully saturated rings. The van der Waals surface area contributed by atoms with E-state index in [4.69, 9.17) is 23.9 Å². The van der Waals surface area contributed by atoms with E-state index < -0.39 is 62.1 Å². The van der Waals surface area contributed by atoms with E-state index >= 15 is 0 Å². The molecule has 4 heterocycles. The Morgan fingerprint density at radius 3 is 2.39 bits per heavy atom. The van der Waals surface area contributed by atoms with Crippen molar-refractivity contribution in [2.45, 2.75) is 109 Å². The van der Waals surface area contributed by atoms with Crippen molar-refractivity contribution in [2.75, 3.05) is 11.9 Å². The second-order valence-corrected chi connectivity index (χ2v) is 20.8. The minimum Gasteiger partial charge on any atom is -0.491 e. The molecule has 15 nitrogen and oxygen atoms in total. The summed E-state index contributed by atoms with van der Waals surface area (Å²) in [4.78, 5) is 60.1. The smallest absolute Gasteiger partial charge is 0.262 e. The van der Waals surface area contributed by atoms with Gasteiger partial charge < -0.3 is 29.4 Å². The molecule has 0 spiro atoms. The van der Waals surface area contributed by atoms with E-state index in [2.05, 4.69) is 26.9 Å². The molecule has 3 aromatic heterocycles.